The van der Waals surface area contributed by atoms with Gasteiger partial charge >= 0.3 is 6.03 Å². The summed E-state index contributed by atoms with van der Waals surface area (Å²) in [5, 5.41) is 29.7. The molecule has 34 heavy (non-hydrogen) atoms. The fourth-order valence-corrected chi connectivity index (χ4v) is 4.44. The molecule has 2 atom stereocenters. The minimum Gasteiger partial charge on any atom is -0.391 e. The molecule has 170 valence electrons. The quantitative estimate of drug-likeness (QED) is 0.608. The van der Waals surface area contributed by atoms with Crippen LogP contribution >= 0.6 is 0 Å². The number of aliphatic hydroxyl groups is 1. The van der Waals surface area contributed by atoms with E-state index in [-0.39, 0.29) is 12.6 Å². The lowest BCUT2D eigenvalue weighted by molar-refractivity contribution is 0.0679. The van der Waals surface area contributed by atoms with Crippen molar-refractivity contribution < 1.29 is 9.90 Å². The minimum atomic E-state index is -0.696. The van der Waals surface area contributed by atoms with E-state index in [9.17, 15) is 20.4 Å². The summed E-state index contributed by atoms with van der Waals surface area (Å²) < 4.78 is 0. The van der Waals surface area contributed by atoms with E-state index < -0.39 is 12.1 Å². The average molecular weight is 451 g/mol. The van der Waals surface area contributed by atoms with Gasteiger partial charge in [-0.1, -0.05) is 54.6 Å². The third-order valence-corrected chi connectivity index (χ3v) is 6.18. The second-order valence-corrected chi connectivity index (χ2v) is 8.57. The van der Waals surface area contributed by atoms with E-state index in [0.29, 0.717) is 37.1 Å². The SMILES string of the molecule is N#Cc1cccc(CN2CCC(O)C(Cc3ccccc3)N(Cc3cccc(C#N)c3)C2=O)c1. The van der Waals surface area contributed by atoms with Crippen LogP contribution in [0.5, 0.6) is 0 Å². The first-order valence-electron chi connectivity index (χ1n) is 11.3. The number of nitrogens with zero attached hydrogens (tertiary/aromatic N) is 4. The Kier molecular flexibility index (Phi) is 7.22. The van der Waals surface area contributed by atoms with Gasteiger partial charge in [0.05, 0.1) is 35.4 Å². The molecule has 2 unspecified atom stereocenters. The van der Waals surface area contributed by atoms with Gasteiger partial charge in [0.25, 0.3) is 0 Å². The predicted molar refractivity (Wildman–Crippen MR) is 128 cm³/mol. The van der Waals surface area contributed by atoms with Gasteiger partial charge < -0.3 is 14.9 Å². The van der Waals surface area contributed by atoms with Crippen molar-refractivity contribution in [1.29, 1.82) is 10.5 Å². The molecule has 0 saturated carbocycles. The number of nitriles is 2. The number of rotatable bonds is 6. The predicted octanol–water partition coefficient (Wildman–Crippen LogP) is 4.23. The summed E-state index contributed by atoms with van der Waals surface area (Å²) in [4.78, 5) is 17.3. The maximum absolute atomic E-state index is 13.8. The second-order valence-electron chi connectivity index (χ2n) is 8.57. The lowest BCUT2D eigenvalue weighted by Gasteiger charge is -2.34. The highest BCUT2D eigenvalue weighted by Crippen LogP contribution is 2.25. The summed E-state index contributed by atoms with van der Waals surface area (Å²) >= 11 is 0. The molecule has 0 radical (unpaired) electrons. The Morgan fingerprint density at radius 1 is 0.824 bits per heavy atom. The topological polar surface area (TPSA) is 91.4 Å². The molecule has 0 aromatic heterocycles. The lowest BCUT2D eigenvalue weighted by atomic mass is 9.97. The van der Waals surface area contributed by atoms with Crippen molar-refractivity contribution in [3.05, 3.63) is 107 Å². The molecule has 6 nitrogen and oxygen atoms in total. The maximum atomic E-state index is 13.8. The maximum Gasteiger partial charge on any atom is 0.320 e. The van der Waals surface area contributed by atoms with Gasteiger partial charge in [-0.3, -0.25) is 0 Å². The first-order chi connectivity index (χ1) is 16.6. The van der Waals surface area contributed by atoms with Gasteiger partial charge in [0.15, 0.2) is 0 Å². The van der Waals surface area contributed by atoms with Crippen LogP contribution in [-0.4, -0.2) is 39.6 Å². The van der Waals surface area contributed by atoms with E-state index >= 15 is 0 Å². The normalized spacial score (nSPS) is 18.1. The minimum absolute atomic E-state index is 0.165. The van der Waals surface area contributed by atoms with Crippen LogP contribution in [0.4, 0.5) is 4.79 Å². The third kappa shape index (κ3) is 5.43. The molecule has 1 aliphatic heterocycles. The number of aliphatic hydroxyl groups excluding tert-OH is 1. The summed E-state index contributed by atoms with van der Waals surface area (Å²) in [6, 6.07) is 28.0. The highest BCUT2D eigenvalue weighted by Gasteiger charge is 2.36. The van der Waals surface area contributed by atoms with Gasteiger partial charge in [-0.15, -0.1) is 0 Å². The zero-order valence-corrected chi connectivity index (χ0v) is 18.8. The molecule has 3 aromatic rings. The second kappa shape index (κ2) is 10.7. The van der Waals surface area contributed by atoms with E-state index in [2.05, 4.69) is 12.1 Å². The zero-order chi connectivity index (χ0) is 23.9. The Morgan fingerprint density at radius 3 is 2.03 bits per heavy atom. The summed E-state index contributed by atoms with van der Waals surface area (Å²) in [7, 11) is 0. The van der Waals surface area contributed by atoms with Crippen LogP contribution in [0, 0.1) is 22.7 Å². The molecule has 1 N–H and O–H groups in total. The number of hydrogen-bond acceptors (Lipinski definition) is 4. The Morgan fingerprint density at radius 2 is 1.41 bits per heavy atom. The third-order valence-electron chi connectivity index (χ3n) is 6.18. The summed E-state index contributed by atoms with van der Waals surface area (Å²) in [5.74, 6) is 0. The van der Waals surface area contributed by atoms with Crippen LogP contribution in [0.2, 0.25) is 0 Å². The molecule has 3 aromatic carbocycles. The van der Waals surface area contributed by atoms with Gasteiger partial charge in [-0.2, -0.15) is 10.5 Å². The fraction of sp³-hybridized carbons (Fsp3) is 0.250. The molecule has 1 saturated heterocycles. The van der Waals surface area contributed by atoms with E-state index in [1.807, 2.05) is 54.6 Å². The van der Waals surface area contributed by atoms with E-state index in [4.69, 9.17) is 0 Å². The molecule has 6 heteroatoms. The summed E-state index contributed by atoms with van der Waals surface area (Å²) in [6.45, 7) is 1.06. The molecule has 0 bridgehead atoms. The molecule has 4 rings (SSSR count). The molecule has 0 spiro atoms. The number of carbonyl (C=O) groups excluding carboxylic acids is 1. The number of hydrogen-bond donors (Lipinski definition) is 1. The first-order valence-corrected chi connectivity index (χ1v) is 11.3. The van der Waals surface area contributed by atoms with Gasteiger partial charge in [0, 0.05) is 19.6 Å². The van der Waals surface area contributed by atoms with Gasteiger partial charge in [-0.25, -0.2) is 4.79 Å². The Labute approximate surface area is 199 Å². The van der Waals surface area contributed by atoms with Crippen molar-refractivity contribution in [3.63, 3.8) is 0 Å². The van der Waals surface area contributed by atoms with E-state index in [0.717, 1.165) is 16.7 Å². The summed E-state index contributed by atoms with van der Waals surface area (Å²) in [6.07, 6.45) is 0.290. The number of carbonyl (C=O) groups is 1. The molecular formula is C28H26N4O2. The Balaban J connectivity index is 1.66. The largest absolute Gasteiger partial charge is 0.391 e. The molecule has 0 aliphatic carbocycles. The summed E-state index contributed by atoms with van der Waals surface area (Å²) in [5.41, 5.74) is 3.84. The Bertz CT molecular complexity index is 1230. The Hall–Kier alpha value is -4.13. The van der Waals surface area contributed by atoms with Crippen molar-refractivity contribution in [2.75, 3.05) is 6.54 Å². The number of urea groups is 1. The molecule has 1 fully saturated rings. The monoisotopic (exact) mass is 450 g/mol. The van der Waals surface area contributed by atoms with Crippen LogP contribution < -0.4 is 0 Å². The van der Waals surface area contributed by atoms with Gasteiger partial charge in [-0.05, 0) is 53.8 Å². The van der Waals surface area contributed by atoms with Crippen molar-refractivity contribution in [2.45, 2.75) is 38.1 Å². The smallest absolute Gasteiger partial charge is 0.320 e. The van der Waals surface area contributed by atoms with Crippen molar-refractivity contribution in [2.24, 2.45) is 0 Å². The van der Waals surface area contributed by atoms with Gasteiger partial charge in [0.1, 0.15) is 0 Å². The molecular weight excluding hydrogens is 424 g/mol. The van der Waals surface area contributed by atoms with Crippen LogP contribution in [0.3, 0.4) is 0 Å². The number of benzene rings is 3. The lowest BCUT2D eigenvalue weighted by Crippen LogP contribution is -2.49. The zero-order valence-electron chi connectivity index (χ0n) is 18.8. The highest BCUT2D eigenvalue weighted by molar-refractivity contribution is 5.75. The van der Waals surface area contributed by atoms with Crippen LogP contribution in [0.1, 0.15) is 34.2 Å². The first kappa shape index (κ1) is 23.0. The van der Waals surface area contributed by atoms with Crippen LogP contribution in [-0.2, 0) is 19.5 Å². The molecule has 1 heterocycles. The van der Waals surface area contributed by atoms with Crippen molar-refractivity contribution in [1.82, 2.24) is 9.80 Å². The standard InChI is InChI=1S/C28H26N4O2/c29-17-22-8-4-10-24(14-22)19-31-13-12-27(33)26(16-21-6-2-1-3-7-21)32(28(31)34)20-25-11-5-9-23(15-25)18-30/h1-11,14-15,26-27,33H,12-13,16,19-20H2. The fourth-order valence-electron chi connectivity index (χ4n) is 4.44. The number of amides is 2. The van der Waals surface area contributed by atoms with E-state index in [1.54, 1.807) is 34.1 Å². The van der Waals surface area contributed by atoms with Crippen LogP contribution in [0.15, 0.2) is 78.9 Å². The van der Waals surface area contributed by atoms with Gasteiger partial charge in [0.2, 0.25) is 0 Å². The highest BCUT2D eigenvalue weighted by atomic mass is 16.3. The van der Waals surface area contributed by atoms with Crippen LogP contribution in [0.25, 0.3) is 0 Å². The molecule has 2 amide bonds. The van der Waals surface area contributed by atoms with Crippen molar-refractivity contribution >= 4 is 6.03 Å². The molecule has 1 aliphatic rings. The average Bonchev–Trinajstić information content (AvgIpc) is 2.98. The van der Waals surface area contributed by atoms with Crippen molar-refractivity contribution in [3.8, 4) is 12.1 Å². The van der Waals surface area contributed by atoms with E-state index in [1.165, 1.54) is 0 Å².